The van der Waals surface area contributed by atoms with Crippen molar-refractivity contribution in [3.63, 3.8) is 0 Å². The summed E-state index contributed by atoms with van der Waals surface area (Å²) in [5.41, 5.74) is 0. The van der Waals surface area contributed by atoms with Gasteiger partial charge in [-0.1, -0.05) is 19.8 Å². The van der Waals surface area contributed by atoms with E-state index in [-0.39, 0.29) is 25.2 Å². The van der Waals surface area contributed by atoms with E-state index in [1.54, 1.807) is 0 Å². The Morgan fingerprint density at radius 2 is 0.711 bits per heavy atom. The number of hydrogen-bond acceptors (Lipinski definition) is 12. The van der Waals surface area contributed by atoms with Gasteiger partial charge in [-0.2, -0.15) is 0 Å². The molecule has 0 amide bonds. The zero-order chi connectivity index (χ0) is 27.8. The number of rotatable bonds is 31. The maximum atomic E-state index is 11.4. The fourth-order valence-corrected chi connectivity index (χ4v) is 2.69. The summed E-state index contributed by atoms with van der Waals surface area (Å²) in [7, 11) is 0. The van der Waals surface area contributed by atoms with Crippen molar-refractivity contribution in [2.45, 2.75) is 39.5 Å². The Hall–Kier alpha value is -1.38. The van der Waals surface area contributed by atoms with Crippen molar-refractivity contribution in [2.24, 2.45) is 0 Å². The van der Waals surface area contributed by atoms with Crippen LogP contribution < -0.4 is 0 Å². The molecule has 0 radical (unpaired) electrons. The predicted molar refractivity (Wildman–Crippen MR) is 138 cm³/mol. The van der Waals surface area contributed by atoms with E-state index >= 15 is 0 Å². The lowest BCUT2D eigenvalue weighted by Gasteiger charge is -2.09. The molecule has 0 bridgehead atoms. The standard InChI is InChI=1S/C26H50O12/c1-3-4-5-6-26(28)38-24-22-36-20-18-34-16-14-32-12-10-30-8-7-29-9-11-31-13-15-33-17-19-35-21-23-37-25(2)27/h3-24H2,1-2H3. The molecule has 0 aromatic carbocycles. The molecular weight excluding hydrogens is 504 g/mol. The summed E-state index contributed by atoms with van der Waals surface area (Å²) < 4.78 is 52.9. The van der Waals surface area contributed by atoms with Crippen molar-refractivity contribution in [3.8, 4) is 0 Å². The molecule has 12 nitrogen and oxygen atoms in total. The molecule has 0 aromatic rings. The topological polar surface area (TPSA) is 126 Å². The predicted octanol–water partition coefficient (Wildman–Crippen LogP) is 1.81. The third-order valence-electron chi connectivity index (χ3n) is 4.61. The van der Waals surface area contributed by atoms with Gasteiger partial charge in [0.2, 0.25) is 0 Å². The molecule has 0 rings (SSSR count). The third kappa shape index (κ3) is 32.6. The maximum absolute atomic E-state index is 11.4. The molecule has 0 fully saturated rings. The highest BCUT2D eigenvalue weighted by molar-refractivity contribution is 5.69. The molecule has 0 saturated heterocycles. The molecule has 38 heavy (non-hydrogen) atoms. The first-order valence-electron chi connectivity index (χ1n) is 13.6. The van der Waals surface area contributed by atoms with Gasteiger partial charge in [-0.05, 0) is 6.42 Å². The molecule has 0 heterocycles. The van der Waals surface area contributed by atoms with Crippen LogP contribution in [0.15, 0.2) is 0 Å². The minimum Gasteiger partial charge on any atom is -0.463 e. The average Bonchev–Trinajstić information content (AvgIpc) is 2.90. The van der Waals surface area contributed by atoms with Gasteiger partial charge < -0.3 is 47.4 Å². The molecule has 0 aliphatic heterocycles. The molecule has 0 aliphatic rings. The highest BCUT2D eigenvalue weighted by Crippen LogP contribution is 2.00. The third-order valence-corrected chi connectivity index (χ3v) is 4.61. The van der Waals surface area contributed by atoms with E-state index in [1.807, 2.05) is 0 Å². The Balaban J connectivity index is 3.07. The van der Waals surface area contributed by atoms with E-state index in [0.29, 0.717) is 112 Å². The van der Waals surface area contributed by atoms with Gasteiger partial charge in [0.25, 0.3) is 0 Å². The van der Waals surface area contributed by atoms with E-state index in [1.165, 1.54) is 6.92 Å². The van der Waals surface area contributed by atoms with Crippen LogP contribution in [-0.2, 0) is 57.0 Å². The first-order valence-corrected chi connectivity index (χ1v) is 13.6. The summed E-state index contributed by atoms with van der Waals surface area (Å²) in [5.74, 6) is -0.474. The second-order valence-electron chi connectivity index (χ2n) is 7.92. The van der Waals surface area contributed by atoms with Crippen LogP contribution in [0.5, 0.6) is 0 Å². The second kappa shape index (κ2) is 31.8. The van der Waals surface area contributed by atoms with Crippen LogP contribution in [0.2, 0.25) is 0 Å². The van der Waals surface area contributed by atoms with Gasteiger partial charge in [-0.15, -0.1) is 0 Å². The van der Waals surface area contributed by atoms with E-state index in [2.05, 4.69) is 6.92 Å². The molecular formula is C26H50O12. The maximum Gasteiger partial charge on any atom is 0.305 e. The van der Waals surface area contributed by atoms with Gasteiger partial charge in [-0.25, -0.2) is 0 Å². The van der Waals surface area contributed by atoms with Crippen LogP contribution in [0.3, 0.4) is 0 Å². The Labute approximate surface area is 227 Å². The van der Waals surface area contributed by atoms with Gasteiger partial charge in [0.1, 0.15) is 13.2 Å². The zero-order valence-corrected chi connectivity index (χ0v) is 23.5. The lowest BCUT2D eigenvalue weighted by molar-refractivity contribution is -0.145. The molecule has 226 valence electrons. The number of esters is 2. The number of ether oxygens (including phenoxy) is 10. The Morgan fingerprint density at radius 1 is 0.421 bits per heavy atom. The van der Waals surface area contributed by atoms with Gasteiger partial charge in [0.05, 0.1) is 106 Å². The molecule has 0 atom stereocenters. The smallest absolute Gasteiger partial charge is 0.305 e. The SMILES string of the molecule is CCCCCC(=O)OCCOCCOCCOCCOCCOCCOCCOCCOCCOC(C)=O. The summed E-state index contributed by atoms with van der Waals surface area (Å²) in [5, 5.41) is 0. The van der Waals surface area contributed by atoms with Gasteiger partial charge >= 0.3 is 11.9 Å². The second-order valence-corrected chi connectivity index (χ2v) is 7.92. The minimum atomic E-state index is -0.312. The van der Waals surface area contributed by atoms with Crippen molar-refractivity contribution in [1.29, 1.82) is 0 Å². The Bertz CT molecular complexity index is 507. The average molecular weight is 555 g/mol. The van der Waals surface area contributed by atoms with Crippen molar-refractivity contribution in [3.05, 3.63) is 0 Å². The summed E-state index contributed by atoms with van der Waals surface area (Å²) in [4.78, 5) is 22.0. The number of unbranched alkanes of at least 4 members (excludes halogenated alkanes) is 2. The first kappa shape index (κ1) is 36.6. The van der Waals surface area contributed by atoms with Crippen molar-refractivity contribution >= 4 is 11.9 Å². The normalized spacial score (nSPS) is 11.1. The van der Waals surface area contributed by atoms with Gasteiger partial charge in [0.15, 0.2) is 0 Å². The van der Waals surface area contributed by atoms with Crippen LogP contribution in [0, 0.1) is 0 Å². The molecule has 12 heteroatoms. The largest absolute Gasteiger partial charge is 0.463 e. The summed E-state index contributed by atoms with van der Waals surface area (Å²) in [6.45, 7) is 11.4. The first-order chi connectivity index (χ1) is 18.7. The van der Waals surface area contributed by atoms with Crippen LogP contribution in [0.4, 0.5) is 0 Å². The number of carbonyl (C=O) groups is 2. The minimum absolute atomic E-state index is 0.162. The van der Waals surface area contributed by atoms with E-state index in [9.17, 15) is 9.59 Å². The Kier molecular flexibility index (Phi) is 30.7. The Morgan fingerprint density at radius 3 is 1.00 bits per heavy atom. The summed E-state index contributed by atoms with van der Waals surface area (Å²) >= 11 is 0. The van der Waals surface area contributed by atoms with Crippen LogP contribution >= 0.6 is 0 Å². The fraction of sp³-hybridized carbons (Fsp3) is 0.923. The van der Waals surface area contributed by atoms with Crippen molar-refractivity contribution < 1.29 is 57.0 Å². The molecule has 0 aromatic heterocycles. The summed E-state index contributed by atoms with van der Waals surface area (Å²) in [6, 6.07) is 0. The summed E-state index contributed by atoms with van der Waals surface area (Å²) in [6.07, 6.45) is 3.49. The van der Waals surface area contributed by atoms with E-state index in [4.69, 9.17) is 47.4 Å². The van der Waals surface area contributed by atoms with Gasteiger partial charge in [-0.3, -0.25) is 9.59 Å². The van der Waals surface area contributed by atoms with Crippen LogP contribution in [0.1, 0.15) is 39.5 Å². The van der Waals surface area contributed by atoms with Crippen LogP contribution in [0.25, 0.3) is 0 Å². The number of hydrogen-bond donors (Lipinski definition) is 0. The quantitative estimate of drug-likeness (QED) is 0.0916. The highest BCUT2D eigenvalue weighted by Gasteiger charge is 2.02. The highest BCUT2D eigenvalue weighted by atomic mass is 16.6. The van der Waals surface area contributed by atoms with Crippen molar-refractivity contribution in [2.75, 3.05) is 119 Å². The zero-order valence-electron chi connectivity index (χ0n) is 23.5. The van der Waals surface area contributed by atoms with Gasteiger partial charge in [0, 0.05) is 13.3 Å². The van der Waals surface area contributed by atoms with Crippen molar-refractivity contribution in [1.82, 2.24) is 0 Å². The van der Waals surface area contributed by atoms with E-state index in [0.717, 1.165) is 19.3 Å². The van der Waals surface area contributed by atoms with E-state index < -0.39 is 0 Å². The monoisotopic (exact) mass is 554 g/mol. The molecule has 0 unspecified atom stereocenters. The fourth-order valence-electron chi connectivity index (χ4n) is 2.69. The molecule has 0 spiro atoms. The lowest BCUT2D eigenvalue weighted by atomic mass is 10.2. The molecule has 0 aliphatic carbocycles. The molecule has 0 saturated carbocycles. The number of carbonyl (C=O) groups excluding carboxylic acids is 2. The lowest BCUT2D eigenvalue weighted by Crippen LogP contribution is -2.15. The molecule has 0 N–H and O–H groups in total. The van der Waals surface area contributed by atoms with Crippen LogP contribution in [-0.4, -0.2) is 131 Å².